The lowest BCUT2D eigenvalue weighted by Gasteiger charge is -2.13. The van der Waals surface area contributed by atoms with Gasteiger partial charge in [-0.15, -0.1) is 0 Å². The van der Waals surface area contributed by atoms with Crippen LogP contribution in [0.5, 0.6) is 0 Å². The van der Waals surface area contributed by atoms with Gasteiger partial charge in [-0.1, -0.05) is 20.8 Å². The second-order valence-corrected chi connectivity index (χ2v) is 4.10. The van der Waals surface area contributed by atoms with Crippen molar-refractivity contribution in [2.75, 3.05) is 0 Å². The van der Waals surface area contributed by atoms with E-state index in [4.69, 9.17) is 10.2 Å². The van der Waals surface area contributed by atoms with Crippen LogP contribution in [-0.2, 0) is 5.41 Å². The zero-order chi connectivity index (χ0) is 9.35. The Morgan fingerprint density at radius 3 is 2.33 bits per heavy atom. The highest BCUT2D eigenvalue weighted by molar-refractivity contribution is 5.06. The van der Waals surface area contributed by atoms with Crippen LogP contribution in [0.15, 0.2) is 10.6 Å². The Balaban J connectivity index is 2.92. The van der Waals surface area contributed by atoms with E-state index >= 15 is 0 Å². The number of rotatable bonds is 1. The van der Waals surface area contributed by atoms with E-state index in [-0.39, 0.29) is 11.5 Å². The summed E-state index contributed by atoms with van der Waals surface area (Å²) in [7, 11) is 0. The molecule has 3 heteroatoms. The molecule has 0 aliphatic carbocycles. The highest BCUT2D eigenvalue weighted by Crippen LogP contribution is 2.23. The van der Waals surface area contributed by atoms with E-state index in [1.807, 2.05) is 6.92 Å². The lowest BCUT2D eigenvalue weighted by molar-refractivity contribution is 0.369. The molecule has 1 rings (SSSR count). The van der Waals surface area contributed by atoms with Gasteiger partial charge in [0.15, 0.2) is 0 Å². The third-order valence-corrected chi connectivity index (χ3v) is 1.65. The maximum absolute atomic E-state index is 5.61. The summed E-state index contributed by atoms with van der Waals surface area (Å²) in [6, 6.07) is -0.124. The second-order valence-electron chi connectivity index (χ2n) is 4.10. The fourth-order valence-electron chi connectivity index (χ4n) is 0.845. The number of aromatic nitrogens is 1. The Hall–Kier alpha value is -0.830. The Morgan fingerprint density at radius 2 is 2.08 bits per heavy atom. The van der Waals surface area contributed by atoms with Gasteiger partial charge in [0.1, 0.15) is 5.76 Å². The van der Waals surface area contributed by atoms with E-state index in [2.05, 4.69) is 25.8 Å². The zero-order valence-electron chi connectivity index (χ0n) is 8.09. The average Bonchev–Trinajstić information content (AvgIpc) is 2.30. The summed E-state index contributed by atoms with van der Waals surface area (Å²) in [6.45, 7) is 8.10. The first-order valence-electron chi connectivity index (χ1n) is 4.13. The molecule has 1 heterocycles. The van der Waals surface area contributed by atoms with E-state index in [0.29, 0.717) is 5.89 Å². The van der Waals surface area contributed by atoms with Crippen molar-refractivity contribution in [2.45, 2.75) is 39.2 Å². The second kappa shape index (κ2) is 2.90. The van der Waals surface area contributed by atoms with Gasteiger partial charge in [-0.2, -0.15) is 0 Å². The summed E-state index contributed by atoms with van der Waals surface area (Å²) in [5.74, 6) is 1.50. The summed E-state index contributed by atoms with van der Waals surface area (Å²) in [4.78, 5) is 4.09. The maximum Gasteiger partial charge on any atom is 0.211 e. The van der Waals surface area contributed by atoms with Crippen molar-refractivity contribution in [1.82, 2.24) is 4.98 Å². The van der Waals surface area contributed by atoms with Crippen LogP contribution in [0.25, 0.3) is 0 Å². The molecule has 0 spiro atoms. The van der Waals surface area contributed by atoms with E-state index in [1.165, 1.54) is 0 Å². The SMILES string of the molecule is CC(N)c1ncc(C(C)(C)C)o1. The lowest BCUT2D eigenvalue weighted by Crippen LogP contribution is -2.09. The van der Waals surface area contributed by atoms with E-state index < -0.39 is 0 Å². The highest BCUT2D eigenvalue weighted by Gasteiger charge is 2.19. The normalized spacial score (nSPS) is 14.8. The summed E-state index contributed by atoms with van der Waals surface area (Å²) in [6.07, 6.45) is 1.75. The van der Waals surface area contributed by atoms with Gasteiger partial charge in [0.05, 0.1) is 12.2 Å². The van der Waals surface area contributed by atoms with Gasteiger partial charge in [-0.25, -0.2) is 4.98 Å². The standard InChI is InChI=1S/C9H16N2O/c1-6(10)8-11-5-7(12-8)9(2,3)4/h5-6H,10H2,1-4H3. The number of nitrogens with two attached hydrogens (primary N) is 1. The predicted molar refractivity (Wildman–Crippen MR) is 47.8 cm³/mol. The average molecular weight is 168 g/mol. The number of oxazole rings is 1. The Labute approximate surface area is 73.0 Å². The molecule has 68 valence electrons. The van der Waals surface area contributed by atoms with Crippen molar-refractivity contribution < 1.29 is 4.42 Å². The summed E-state index contributed by atoms with van der Waals surface area (Å²) in [5.41, 5.74) is 5.63. The fourth-order valence-corrected chi connectivity index (χ4v) is 0.845. The molecule has 1 atom stereocenters. The smallest absolute Gasteiger partial charge is 0.211 e. The molecule has 1 unspecified atom stereocenters. The molecule has 2 N–H and O–H groups in total. The van der Waals surface area contributed by atoms with Gasteiger partial charge >= 0.3 is 0 Å². The molecule has 0 fully saturated rings. The van der Waals surface area contributed by atoms with Gasteiger partial charge in [-0.05, 0) is 6.92 Å². The molecular formula is C9H16N2O. The Bertz CT molecular complexity index is 258. The molecule has 0 saturated heterocycles. The third kappa shape index (κ3) is 1.85. The van der Waals surface area contributed by atoms with Crippen LogP contribution in [0, 0.1) is 0 Å². The summed E-state index contributed by atoms with van der Waals surface area (Å²) in [5, 5.41) is 0. The van der Waals surface area contributed by atoms with Gasteiger partial charge in [0.25, 0.3) is 0 Å². The molecule has 3 nitrogen and oxygen atoms in total. The summed E-state index contributed by atoms with van der Waals surface area (Å²) < 4.78 is 5.47. The van der Waals surface area contributed by atoms with Crippen LogP contribution in [0.4, 0.5) is 0 Å². The number of nitrogens with zero attached hydrogens (tertiary/aromatic N) is 1. The molecule has 1 aromatic rings. The van der Waals surface area contributed by atoms with Crippen molar-refractivity contribution in [2.24, 2.45) is 5.73 Å². The summed E-state index contributed by atoms with van der Waals surface area (Å²) >= 11 is 0. The molecule has 1 aromatic heterocycles. The maximum atomic E-state index is 5.61. The molecular weight excluding hydrogens is 152 g/mol. The fraction of sp³-hybridized carbons (Fsp3) is 0.667. The molecule has 0 saturated carbocycles. The molecule has 0 aliphatic heterocycles. The van der Waals surface area contributed by atoms with Crippen LogP contribution in [0.3, 0.4) is 0 Å². The number of hydrogen-bond donors (Lipinski definition) is 1. The van der Waals surface area contributed by atoms with Gasteiger partial charge < -0.3 is 10.2 Å². The van der Waals surface area contributed by atoms with Crippen LogP contribution >= 0.6 is 0 Å². The minimum atomic E-state index is -0.124. The first kappa shape index (κ1) is 9.26. The minimum absolute atomic E-state index is 0.0140. The third-order valence-electron chi connectivity index (χ3n) is 1.65. The van der Waals surface area contributed by atoms with Crippen molar-refractivity contribution in [3.05, 3.63) is 17.8 Å². The molecule has 0 amide bonds. The van der Waals surface area contributed by atoms with E-state index in [0.717, 1.165) is 5.76 Å². The first-order chi connectivity index (χ1) is 5.41. The first-order valence-corrected chi connectivity index (χ1v) is 4.13. The molecule has 0 aliphatic rings. The lowest BCUT2D eigenvalue weighted by atomic mass is 9.94. The molecule has 12 heavy (non-hydrogen) atoms. The largest absolute Gasteiger partial charge is 0.443 e. The molecule has 0 bridgehead atoms. The minimum Gasteiger partial charge on any atom is -0.443 e. The van der Waals surface area contributed by atoms with Crippen molar-refractivity contribution in [1.29, 1.82) is 0 Å². The number of hydrogen-bond acceptors (Lipinski definition) is 3. The van der Waals surface area contributed by atoms with Crippen LogP contribution in [-0.4, -0.2) is 4.98 Å². The topological polar surface area (TPSA) is 52.0 Å². The quantitative estimate of drug-likeness (QED) is 0.697. The van der Waals surface area contributed by atoms with Crippen molar-refractivity contribution in [3.63, 3.8) is 0 Å². The van der Waals surface area contributed by atoms with Crippen LogP contribution < -0.4 is 5.73 Å². The molecule has 0 radical (unpaired) electrons. The monoisotopic (exact) mass is 168 g/mol. The predicted octanol–water partition coefficient (Wildman–Crippen LogP) is 1.99. The van der Waals surface area contributed by atoms with Crippen molar-refractivity contribution in [3.8, 4) is 0 Å². The van der Waals surface area contributed by atoms with Gasteiger partial charge in [-0.3, -0.25) is 0 Å². The van der Waals surface area contributed by atoms with E-state index in [9.17, 15) is 0 Å². The zero-order valence-corrected chi connectivity index (χ0v) is 8.09. The van der Waals surface area contributed by atoms with Gasteiger partial charge in [0.2, 0.25) is 5.89 Å². The Morgan fingerprint density at radius 1 is 1.50 bits per heavy atom. The van der Waals surface area contributed by atoms with Gasteiger partial charge in [0, 0.05) is 5.41 Å². The van der Waals surface area contributed by atoms with Crippen molar-refractivity contribution >= 4 is 0 Å². The molecule has 0 aromatic carbocycles. The van der Waals surface area contributed by atoms with Crippen LogP contribution in [0.1, 0.15) is 45.4 Å². The van der Waals surface area contributed by atoms with E-state index in [1.54, 1.807) is 6.20 Å². The Kier molecular flexibility index (Phi) is 2.24. The van der Waals surface area contributed by atoms with Crippen LogP contribution in [0.2, 0.25) is 0 Å². The highest BCUT2D eigenvalue weighted by atomic mass is 16.4.